The zero-order valence-corrected chi connectivity index (χ0v) is 21.6. The summed E-state index contributed by atoms with van der Waals surface area (Å²) < 4.78 is 41.5. The zero-order valence-electron chi connectivity index (χ0n) is 20.1. The Morgan fingerprint density at radius 2 is 1.56 bits per heavy atom. The van der Waals surface area contributed by atoms with E-state index in [4.69, 9.17) is 25.8 Å². The van der Waals surface area contributed by atoms with Crippen molar-refractivity contribution in [3.05, 3.63) is 82.4 Å². The first-order chi connectivity index (χ1) is 17.1. The van der Waals surface area contributed by atoms with Crippen LogP contribution in [0.25, 0.3) is 0 Å². The van der Waals surface area contributed by atoms with Crippen LogP contribution in [0.3, 0.4) is 0 Å². The molecule has 3 aromatic carbocycles. The van der Waals surface area contributed by atoms with Crippen molar-refractivity contribution in [1.29, 1.82) is 0 Å². The van der Waals surface area contributed by atoms with Crippen LogP contribution in [-0.4, -0.2) is 47.9 Å². The van der Waals surface area contributed by atoms with E-state index in [-0.39, 0.29) is 23.4 Å². The van der Waals surface area contributed by atoms with Gasteiger partial charge in [-0.05, 0) is 35.9 Å². The number of benzene rings is 3. The van der Waals surface area contributed by atoms with E-state index < -0.39 is 21.9 Å². The van der Waals surface area contributed by atoms with Gasteiger partial charge in [0.05, 0.1) is 51.1 Å². The topological polar surface area (TPSA) is 111 Å². The number of esters is 1. The molecule has 0 aliphatic carbocycles. The standard InChI is InChI=1S/C25H25ClN2O7S/c1-33-22-13-19(25(30)35-3)21(14-23(22)34-2)27-24(29)16-9-11-18(12-10-16)28(36(4,31)32)15-17-7-5-6-8-20(17)26/h5-14H,15H2,1-4H3,(H,27,29). The summed E-state index contributed by atoms with van der Waals surface area (Å²) in [5.41, 5.74) is 1.45. The molecule has 0 bridgehead atoms. The Morgan fingerprint density at radius 3 is 2.11 bits per heavy atom. The zero-order chi connectivity index (χ0) is 26.5. The van der Waals surface area contributed by atoms with Crippen molar-refractivity contribution in [2.24, 2.45) is 0 Å². The maximum absolute atomic E-state index is 13.0. The molecule has 0 spiro atoms. The van der Waals surface area contributed by atoms with Crippen LogP contribution in [0.15, 0.2) is 60.7 Å². The predicted molar refractivity (Wildman–Crippen MR) is 138 cm³/mol. The van der Waals surface area contributed by atoms with Gasteiger partial charge in [-0.3, -0.25) is 9.10 Å². The van der Waals surface area contributed by atoms with E-state index in [0.29, 0.717) is 27.8 Å². The summed E-state index contributed by atoms with van der Waals surface area (Å²) in [6, 6.07) is 15.8. The third kappa shape index (κ3) is 6.07. The Bertz CT molecular complexity index is 1380. The molecule has 36 heavy (non-hydrogen) atoms. The van der Waals surface area contributed by atoms with Gasteiger partial charge in [0.25, 0.3) is 5.91 Å². The minimum absolute atomic E-state index is 0.0260. The fourth-order valence-electron chi connectivity index (χ4n) is 3.42. The van der Waals surface area contributed by atoms with E-state index in [9.17, 15) is 18.0 Å². The number of ether oxygens (including phenoxy) is 3. The Morgan fingerprint density at radius 1 is 0.944 bits per heavy atom. The molecule has 11 heteroatoms. The molecule has 0 atom stereocenters. The molecule has 1 amide bonds. The molecule has 190 valence electrons. The number of methoxy groups -OCH3 is 3. The maximum Gasteiger partial charge on any atom is 0.340 e. The van der Waals surface area contributed by atoms with Gasteiger partial charge in [-0.15, -0.1) is 0 Å². The first-order valence-corrected chi connectivity index (χ1v) is 12.8. The average molecular weight is 533 g/mol. The molecule has 0 saturated heterocycles. The lowest BCUT2D eigenvalue weighted by Crippen LogP contribution is -2.29. The Balaban J connectivity index is 1.90. The first-order valence-electron chi connectivity index (χ1n) is 10.6. The highest BCUT2D eigenvalue weighted by atomic mass is 35.5. The van der Waals surface area contributed by atoms with Crippen molar-refractivity contribution < 1.29 is 32.2 Å². The van der Waals surface area contributed by atoms with E-state index in [0.717, 1.165) is 6.26 Å². The van der Waals surface area contributed by atoms with Crippen LogP contribution in [0.5, 0.6) is 11.5 Å². The summed E-state index contributed by atoms with van der Waals surface area (Å²) in [6.07, 6.45) is 1.09. The smallest absolute Gasteiger partial charge is 0.340 e. The molecule has 0 fully saturated rings. The van der Waals surface area contributed by atoms with Crippen LogP contribution in [0.2, 0.25) is 5.02 Å². The van der Waals surface area contributed by atoms with E-state index in [1.165, 1.54) is 62.0 Å². The number of halogens is 1. The van der Waals surface area contributed by atoms with Crippen LogP contribution in [-0.2, 0) is 21.3 Å². The number of sulfonamides is 1. The monoisotopic (exact) mass is 532 g/mol. The number of anilines is 2. The first kappa shape index (κ1) is 26.8. The van der Waals surface area contributed by atoms with Crippen molar-refractivity contribution in [2.75, 3.05) is 37.2 Å². The van der Waals surface area contributed by atoms with Gasteiger partial charge < -0.3 is 19.5 Å². The molecule has 3 rings (SSSR count). The lowest BCUT2D eigenvalue weighted by atomic mass is 10.1. The van der Waals surface area contributed by atoms with E-state index in [1.807, 2.05) is 0 Å². The van der Waals surface area contributed by atoms with Crippen molar-refractivity contribution in [1.82, 2.24) is 0 Å². The molecule has 0 unspecified atom stereocenters. The van der Waals surface area contributed by atoms with E-state index in [2.05, 4.69) is 5.32 Å². The number of rotatable bonds is 9. The predicted octanol–water partition coefficient (Wildman–Crippen LogP) is 4.36. The highest BCUT2D eigenvalue weighted by Gasteiger charge is 2.22. The lowest BCUT2D eigenvalue weighted by molar-refractivity contribution is 0.0601. The summed E-state index contributed by atoms with van der Waals surface area (Å²) in [4.78, 5) is 25.2. The van der Waals surface area contributed by atoms with Crippen LogP contribution < -0.4 is 19.1 Å². The Hall–Kier alpha value is -3.76. The second kappa shape index (κ2) is 11.3. The van der Waals surface area contributed by atoms with Gasteiger partial charge in [-0.1, -0.05) is 29.8 Å². The Labute approximate surface area is 214 Å². The number of hydrogen-bond acceptors (Lipinski definition) is 7. The molecular weight excluding hydrogens is 508 g/mol. The maximum atomic E-state index is 13.0. The Kier molecular flexibility index (Phi) is 8.44. The minimum atomic E-state index is -3.65. The summed E-state index contributed by atoms with van der Waals surface area (Å²) in [6.45, 7) is 0.0260. The van der Waals surface area contributed by atoms with E-state index in [1.54, 1.807) is 24.3 Å². The van der Waals surface area contributed by atoms with Crippen molar-refractivity contribution in [2.45, 2.75) is 6.54 Å². The molecule has 0 heterocycles. The highest BCUT2D eigenvalue weighted by molar-refractivity contribution is 7.92. The molecular formula is C25H25ClN2O7S. The number of amides is 1. The molecule has 0 aliphatic rings. The van der Waals surface area contributed by atoms with Crippen molar-refractivity contribution >= 4 is 44.9 Å². The number of hydrogen-bond donors (Lipinski definition) is 1. The van der Waals surface area contributed by atoms with Gasteiger partial charge in [0, 0.05) is 22.7 Å². The average Bonchev–Trinajstić information content (AvgIpc) is 2.86. The number of nitrogens with zero attached hydrogens (tertiary/aromatic N) is 1. The van der Waals surface area contributed by atoms with Gasteiger partial charge in [-0.2, -0.15) is 0 Å². The van der Waals surface area contributed by atoms with Gasteiger partial charge in [-0.25, -0.2) is 13.2 Å². The summed E-state index contributed by atoms with van der Waals surface area (Å²) in [5, 5.41) is 3.11. The summed E-state index contributed by atoms with van der Waals surface area (Å²) in [5.74, 6) is -0.611. The lowest BCUT2D eigenvalue weighted by Gasteiger charge is -2.23. The number of carbonyl (C=O) groups is 2. The van der Waals surface area contributed by atoms with Crippen LogP contribution in [0, 0.1) is 0 Å². The summed E-state index contributed by atoms with van der Waals surface area (Å²) >= 11 is 6.21. The molecule has 1 N–H and O–H groups in total. The van der Waals surface area contributed by atoms with Crippen LogP contribution >= 0.6 is 11.6 Å². The van der Waals surface area contributed by atoms with Crippen LogP contribution in [0.1, 0.15) is 26.3 Å². The fourth-order valence-corrected chi connectivity index (χ4v) is 4.49. The largest absolute Gasteiger partial charge is 0.493 e. The molecule has 0 aliphatic heterocycles. The highest BCUT2D eigenvalue weighted by Crippen LogP contribution is 2.34. The quantitative estimate of drug-likeness (QED) is 0.407. The second-order valence-electron chi connectivity index (χ2n) is 7.61. The molecule has 0 saturated carbocycles. The van der Waals surface area contributed by atoms with Gasteiger partial charge in [0.1, 0.15) is 0 Å². The van der Waals surface area contributed by atoms with Gasteiger partial charge >= 0.3 is 5.97 Å². The van der Waals surface area contributed by atoms with Gasteiger partial charge in [0.2, 0.25) is 10.0 Å². The van der Waals surface area contributed by atoms with Crippen LogP contribution in [0.4, 0.5) is 11.4 Å². The minimum Gasteiger partial charge on any atom is -0.493 e. The third-order valence-electron chi connectivity index (χ3n) is 5.27. The van der Waals surface area contributed by atoms with Crippen molar-refractivity contribution in [3.8, 4) is 11.5 Å². The summed E-state index contributed by atoms with van der Waals surface area (Å²) in [7, 11) is 0.419. The number of carbonyl (C=O) groups excluding carboxylic acids is 2. The normalized spacial score (nSPS) is 10.9. The molecule has 0 aromatic heterocycles. The fraction of sp³-hybridized carbons (Fsp3) is 0.200. The number of nitrogens with one attached hydrogen (secondary N) is 1. The molecule has 9 nitrogen and oxygen atoms in total. The molecule has 0 radical (unpaired) electrons. The van der Waals surface area contributed by atoms with E-state index >= 15 is 0 Å². The SMILES string of the molecule is COC(=O)c1cc(OC)c(OC)cc1NC(=O)c1ccc(N(Cc2ccccc2Cl)S(C)(=O)=O)cc1. The van der Waals surface area contributed by atoms with Crippen molar-refractivity contribution in [3.63, 3.8) is 0 Å². The van der Waals surface area contributed by atoms with Gasteiger partial charge in [0.15, 0.2) is 11.5 Å². The second-order valence-corrected chi connectivity index (χ2v) is 9.92. The third-order valence-corrected chi connectivity index (χ3v) is 6.78. The molecule has 3 aromatic rings.